The van der Waals surface area contributed by atoms with E-state index in [0.29, 0.717) is 10.9 Å². The molecule has 22 heavy (non-hydrogen) atoms. The largest absolute Gasteiger partial charge is 0.374 e. The second kappa shape index (κ2) is 6.07. The highest BCUT2D eigenvalue weighted by Gasteiger charge is 2.25. The van der Waals surface area contributed by atoms with Crippen molar-refractivity contribution in [2.45, 2.75) is 26.9 Å². The lowest BCUT2D eigenvalue weighted by Gasteiger charge is -2.24. The van der Waals surface area contributed by atoms with Crippen molar-refractivity contribution in [2.24, 2.45) is 0 Å². The van der Waals surface area contributed by atoms with Gasteiger partial charge in [0, 0.05) is 21.0 Å². The lowest BCUT2D eigenvalue weighted by Crippen LogP contribution is -2.50. The van der Waals surface area contributed by atoms with E-state index in [1.54, 1.807) is 31.2 Å². The maximum Gasteiger partial charge on any atom is 0.281 e. The van der Waals surface area contributed by atoms with Gasteiger partial charge in [0.1, 0.15) is 6.10 Å². The van der Waals surface area contributed by atoms with Crippen molar-refractivity contribution >= 4 is 22.7 Å². The summed E-state index contributed by atoms with van der Waals surface area (Å²) < 4.78 is 6.21. The van der Waals surface area contributed by atoms with Crippen molar-refractivity contribution < 1.29 is 14.3 Å². The Hall–Kier alpha value is -2.54. The van der Waals surface area contributed by atoms with Gasteiger partial charge >= 0.3 is 0 Å². The number of hydrogen-bond acceptors (Lipinski definition) is 5. The molecule has 0 aliphatic rings. The number of amides is 2. The molecule has 0 fully saturated rings. The lowest BCUT2D eigenvalue weighted by molar-refractivity contribution is -0.126. The third-order valence-electron chi connectivity index (χ3n) is 3.29. The van der Waals surface area contributed by atoms with Crippen molar-refractivity contribution in [3.8, 4) is 0 Å². The fourth-order valence-corrected chi connectivity index (χ4v) is 2.21. The molecule has 0 radical (unpaired) electrons. The topological polar surface area (TPSA) is 81.5 Å². The van der Waals surface area contributed by atoms with Crippen molar-refractivity contribution in [1.29, 1.82) is 0 Å². The number of carbonyl (C=O) groups excluding carboxylic acids is 2. The number of rotatable bonds is 3. The summed E-state index contributed by atoms with van der Waals surface area (Å²) in [5, 5.41) is 1.09. The summed E-state index contributed by atoms with van der Waals surface area (Å²) in [7, 11) is 1.46. The standard InChI is InChI=1S/C15H17N3O4/c1-9(22-4)14-16-13-8-6-5-7-12(13)15(21)18(14)17(10(2)19)11(3)20/h5-9H,1-4H3/t9-/m1/s1. The molecular weight excluding hydrogens is 286 g/mol. The molecule has 2 amide bonds. The van der Waals surface area contributed by atoms with Crippen LogP contribution < -0.4 is 10.6 Å². The van der Waals surface area contributed by atoms with Gasteiger partial charge in [-0.15, -0.1) is 0 Å². The van der Waals surface area contributed by atoms with Gasteiger partial charge in [-0.1, -0.05) is 12.1 Å². The molecule has 0 unspecified atom stereocenters. The molecule has 7 heteroatoms. The molecule has 1 atom stereocenters. The molecule has 0 N–H and O–H groups in total. The first kappa shape index (κ1) is 15.8. The SMILES string of the molecule is CO[C@H](C)c1nc2ccccc2c(=O)n1N(C(C)=O)C(C)=O. The van der Waals surface area contributed by atoms with Crippen LogP contribution in [0.1, 0.15) is 32.7 Å². The van der Waals surface area contributed by atoms with Gasteiger partial charge in [0.15, 0.2) is 5.82 Å². The highest BCUT2D eigenvalue weighted by Crippen LogP contribution is 2.16. The van der Waals surface area contributed by atoms with E-state index in [-0.39, 0.29) is 5.82 Å². The van der Waals surface area contributed by atoms with Gasteiger partial charge in [-0.05, 0) is 19.1 Å². The number of aromatic nitrogens is 2. The number of hydrogen-bond donors (Lipinski definition) is 0. The molecule has 2 aromatic rings. The van der Waals surface area contributed by atoms with Gasteiger partial charge in [-0.2, -0.15) is 9.69 Å². The molecule has 0 saturated carbocycles. The molecule has 0 spiro atoms. The van der Waals surface area contributed by atoms with Crippen molar-refractivity contribution in [3.63, 3.8) is 0 Å². The monoisotopic (exact) mass is 303 g/mol. The molecule has 116 valence electrons. The van der Waals surface area contributed by atoms with E-state index in [9.17, 15) is 14.4 Å². The Bertz CT molecular complexity index is 783. The maximum absolute atomic E-state index is 12.7. The number of imide groups is 1. The van der Waals surface area contributed by atoms with Crippen LogP contribution in [0.15, 0.2) is 29.1 Å². The van der Waals surface area contributed by atoms with Crippen LogP contribution in [-0.2, 0) is 14.3 Å². The van der Waals surface area contributed by atoms with Crippen LogP contribution in [-0.4, -0.2) is 28.6 Å². The Morgan fingerprint density at radius 3 is 2.36 bits per heavy atom. The van der Waals surface area contributed by atoms with Crippen LogP contribution in [0.4, 0.5) is 0 Å². The van der Waals surface area contributed by atoms with Crippen LogP contribution >= 0.6 is 0 Å². The van der Waals surface area contributed by atoms with Crippen LogP contribution in [0, 0.1) is 0 Å². The fourth-order valence-electron chi connectivity index (χ4n) is 2.21. The Balaban J connectivity index is 2.90. The smallest absolute Gasteiger partial charge is 0.281 e. The summed E-state index contributed by atoms with van der Waals surface area (Å²) in [6.07, 6.45) is -0.571. The van der Waals surface area contributed by atoms with Gasteiger partial charge in [0.2, 0.25) is 11.8 Å². The first-order chi connectivity index (χ1) is 10.4. The van der Waals surface area contributed by atoms with Crippen molar-refractivity contribution in [1.82, 2.24) is 9.66 Å². The van der Waals surface area contributed by atoms with Crippen molar-refractivity contribution in [3.05, 3.63) is 40.4 Å². The van der Waals surface area contributed by atoms with E-state index < -0.39 is 23.5 Å². The molecule has 1 aromatic carbocycles. The van der Waals surface area contributed by atoms with Gasteiger partial charge in [0.05, 0.1) is 10.9 Å². The highest BCUT2D eigenvalue weighted by atomic mass is 16.5. The number of benzene rings is 1. The van der Waals surface area contributed by atoms with E-state index in [1.165, 1.54) is 21.0 Å². The zero-order chi connectivity index (χ0) is 16.4. The van der Waals surface area contributed by atoms with Crippen LogP contribution in [0.25, 0.3) is 10.9 Å². The third-order valence-corrected chi connectivity index (χ3v) is 3.29. The van der Waals surface area contributed by atoms with E-state index >= 15 is 0 Å². The molecule has 2 rings (SSSR count). The van der Waals surface area contributed by atoms with Gasteiger partial charge in [-0.25, -0.2) is 4.98 Å². The van der Waals surface area contributed by atoms with Crippen LogP contribution in [0.5, 0.6) is 0 Å². The van der Waals surface area contributed by atoms with Crippen LogP contribution in [0.2, 0.25) is 0 Å². The molecular formula is C15H17N3O4. The van der Waals surface area contributed by atoms with Gasteiger partial charge in [0.25, 0.3) is 5.56 Å². The molecule has 0 saturated heterocycles. The average Bonchev–Trinajstić information content (AvgIpc) is 2.48. The summed E-state index contributed by atoms with van der Waals surface area (Å²) in [6, 6.07) is 6.74. The van der Waals surface area contributed by atoms with Crippen LogP contribution in [0.3, 0.4) is 0 Å². The zero-order valence-electron chi connectivity index (χ0n) is 12.9. The third kappa shape index (κ3) is 2.62. The fraction of sp³-hybridized carbons (Fsp3) is 0.333. The average molecular weight is 303 g/mol. The Labute approximate surface area is 127 Å². The molecule has 0 aliphatic carbocycles. The minimum absolute atomic E-state index is 0.191. The number of methoxy groups -OCH3 is 1. The maximum atomic E-state index is 12.7. The number of ether oxygens (including phenoxy) is 1. The predicted octanol–water partition coefficient (Wildman–Crippen LogP) is 1.13. The zero-order valence-corrected chi connectivity index (χ0v) is 12.9. The Kier molecular flexibility index (Phi) is 4.37. The highest BCUT2D eigenvalue weighted by molar-refractivity contribution is 6.06. The Morgan fingerprint density at radius 2 is 1.82 bits per heavy atom. The first-order valence-electron chi connectivity index (χ1n) is 6.74. The minimum Gasteiger partial charge on any atom is -0.374 e. The molecule has 0 bridgehead atoms. The predicted molar refractivity (Wildman–Crippen MR) is 81.0 cm³/mol. The van der Waals surface area contributed by atoms with E-state index in [2.05, 4.69) is 4.98 Å². The molecule has 1 heterocycles. The summed E-state index contributed by atoms with van der Waals surface area (Å²) in [5.74, 6) is -0.955. The number of fused-ring (bicyclic) bond motifs is 1. The van der Waals surface area contributed by atoms with E-state index in [0.717, 1.165) is 9.69 Å². The Morgan fingerprint density at radius 1 is 1.23 bits per heavy atom. The van der Waals surface area contributed by atoms with Crippen molar-refractivity contribution in [2.75, 3.05) is 12.1 Å². The van der Waals surface area contributed by atoms with Gasteiger partial charge < -0.3 is 4.74 Å². The van der Waals surface area contributed by atoms with E-state index in [4.69, 9.17) is 4.74 Å². The normalized spacial score (nSPS) is 12.2. The minimum atomic E-state index is -0.573. The summed E-state index contributed by atoms with van der Waals surface area (Å²) in [6.45, 7) is 4.11. The number of nitrogens with zero attached hydrogens (tertiary/aromatic N) is 3. The molecule has 1 aromatic heterocycles. The van der Waals surface area contributed by atoms with E-state index in [1.807, 2.05) is 0 Å². The number of carbonyl (C=O) groups is 2. The molecule has 7 nitrogen and oxygen atoms in total. The second-order valence-corrected chi connectivity index (χ2v) is 4.83. The lowest BCUT2D eigenvalue weighted by atomic mass is 10.2. The summed E-state index contributed by atoms with van der Waals surface area (Å²) in [5.41, 5.74) is -0.00963. The molecule has 0 aliphatic heterocycles. The summed E-state index contributed by atoms with van der Waals surface area (Å²) >= 11 is 0. The first-order valence-corrected chi connectivity index (χ1v) is 6.74. The quantitative estimate of drug-likeness (QED) is 0.849. The summed E-state index contributed by atoms with van der Waals surface area (Å²) in [4.78, 5) is 40.8. The number of para-hydroxylation sites is 1. The van der Waals surface area contributed by atoms with Gasteiger partial charge in [-0.3, -0.25) is 14.4 Å². The second-order valence-electron chi connectivity index (χ2n) is 4.83.